The first-order valence-corrected chi connectivity index (χ1v) is 5.48. The molecule has 0 aliphatic heterocycles. The maximum absolute atomic E-state index is 13.8. The van der Waals surface area contributed by atoms with Crippen LogP contribution in [-0.4, -0.2) is 14.8 Å². The highest BCUT2D eigenvalue weighted by Crippen LogP contribution is 2.22. The lowest BCUT2D eigenvalue weighted by Gasteiger charge is -2.09. The molecule has 0 unspecified atom stereocenters. The fourth-order valence-corrected chi connectivity index (χ4v) is 1.80. The maximum atomic E-state index is 13.8. The van der Waals surface area contributed by atoms with Gasteiger partial charge in [-0.2, -0.15) is 0 Å². The Kier molecular flexibility index (Phi) is 3.11. The number of halogens is 3. The predicted molar refractivity (Wildman–Crippen MR) is 60.4 cm³/mol. The highest BCUT2D eigenvalue weighted by molar-refractivity contribution is 6.28. The van der Waals surface area contributed by atoms with Gasteiger partial charge >= 0.3 is 0 Å². The molecule has 2 aromatic rings. The zero-order valence-corrected chi connectivity index (χ0v) is 10.1. The zero-order chi connectivity index (χ0) is 12.6. The molecule has 1 aromatic carbocycles. The van der Waals surface area contributed by atoms with Crippen LogP contribution in [0.2, 0.25) is 5.28 Å². The molecule has 17 heavy (non-hydrogen) atoms. The topological polar surface area (TPSA) is 30.7 Å². The number of aryl methyl sites for hydroxylation is 2. The van der Waals surface area contributed by atoms with Crippen molar-refractivity contribution in [1.82, 2.24) is 14.8 Å². The second-order valence-electron chi connectivity index (χ2n) is 3.63. The van der Waals surface area contributed by atoms with Gasteiger partial charge in [0, 0.05) is 12.5 Å². The van der Waals surface area contributed by atoms with Crippen LogP contribution in [0.25, 0.3) is 5.69 Å². The summed E-state index contributed by atoms with van der Waals surface area (Å²) in [6.07, 6.45) is 0.522. The Morgan fingerprint density at radius 2 is 1.94 bits per heavy atom. The lowest BCUT2D eigenvalue weighted by atomic mass is 10.2. The molecule has 1 aromatic heterocycles. The Morgan fingerprint density at radius 1 is 1.24 bits per heavy atom. The van der Waals surface area contributed by atoms with E-state index in [1.54, 1.807) is 0 Å². The molecular formula is C11H10ClF2N3. The molecule has 0 aliphatic rings. The van der Waals surface area contributed by atoms with E-state index in [-0.39, 0.29) is 16.5 Å². The van der Waals surface area contributed by atoms with Crippen molar-refractivity contribution in [3.63, 3.8) is 0 Å². The van der Waals surface area contributed by atoms with Gasteiger partial charge in [0.1, 0.15) is 17.5 Å². The molecule has 0 N–H and O–H groups in total. The highest BCUT2D eigenvalue weighted by Gasteiger charge is 2.16. The summed E-state index contributed by atoms with van der Waals surface area (Å²) in [6, 6.07) is 2.22. The smallest absolute Gasteiger partial charge is 0.229 e. The van der Waals surface area contributed by atoms with Gasteiger partial charge in [-0.1, -0.05) is 6.92 Å². The molecule has 90 valence electrons. The summed E-state index contributed by atoms with van der Waals surface area (Å²) in [7, 11) is 0. The van der Waals surface area contributed by atoms with Crippen LogP contribution in [0, 0.1) is 18.6 Å². The van der Waals surface area contributed by atoms with Gasteiger partial charge in [-0.05, 0) is 30.2 Å². The van der Waals surface area contributed by atoms with E-state index < -0.39 is 11.6 Å². The molecular weight excluding hydrogens is 248 g/mol. The normalized spacial score (nSPS) is 10.9. The van der Waals surface area contributed by atoms with E-state index in [1.807, 2.05) is 6.92 Å². The van der Waals surface area contributed by atoms with Crippen molar-refractivity contribution in [2.75, 3.05) is 0 Å². The number of aromatic nitrogens is 3. The van der Waals surface area contributed by atoms with Crippen molar-refractivity contribution < 1.29 is 8.78 Å². The molecule has 0 amide bonds. The van der Waals surface area contributed by atoms with Crippen molar-refractivity contribution >= 4 is 11.6 Å². The third-order valence-corrected chi connectivity index (χ3v) is 2.72. The van der Waals surface area contributed by atoms with Crippen LogP contribution in [0.15, 0.2) is 12.1 Å². The monoisotopic (exact) mass is 257 g/mol. The molecule has 0 saturated heterocycles. The summed E-state index contributed by atoms with van der Waals surface area (Å²) >= 11 is 5.82. The van der Waals surface area contributed by atoms with Crippen molar-refractivity contribution in [2.45, 2.75) is 20.3 Å². The van der Waals surface area contributed by atoms with Crippen molar-refractivity contribution in [1.29, 1.82) is 0 Å². The molecule has 0 fully saturated rings. The highest BCUT2D eigenvalue weighted by atomic mass is 35.5. The summed E-state index contributed by atoms with van der Waals surface area (Å²) in [5, 5.41) is 7.46. The average Bonchev–Trinajstić information content (AvgIpc) is 2.65. The largest absolute Gasteiger partial charge is 0.267 e. The SMILES string of the molecule is CCc1nnc(Cl)n1-c1cc(F)c(C)cc1F. The molecule has 2 rings (SSSR count). The standard InChI is InChI=1S/C11H10ClF2N3/c1-3-10-15-16-11(12)17(10)9-5-7(13)6(2)4-8(9)14/h4-5H,3H2,1-2H3. The Bertz CT molecular complexity index is 566. The van der Waals surface area contributed by atoms with Crippen LogP contribution in [-0.2, 0) is 6.42 Å². The van der Waals surface area contributed by atoms with Gasteiger partial charge in [-0.15, -0.1) is 10.2 Å². The lowest BCUT2D eigenvalue weighted by molar-refractivity contribution is 0.583. The van der Waals surface area contributed by atoms with Crippen LogP contribution in [0.4, 0.5) is 8.78 Å². The van der Waals surface area contributed by atoms with Gasteiger partial charge in [0.05, 0.1) is 5.69 Å². The summed E-state index contributed by atoms with van der Waals surface area (Å²) in [5.74, 6) is -0.564. The van der Waals surface area contributed by atoms with E-state index in [0.29, 0.717) is 12.2 Å². The molecule has 0 radical (unpaired) electrons. The van der Waals surface area contributed by atoms with Gasteiger partial charge in [-0.3, -0.25) is 4.57 Å². The number of benzene rings is 1. The lowest BCUT2D eigenvalue weighted by Crippen LogP contribution is -2.04. The van der Waals surface area contributed by atoms with Crippen LogP contribution < -0.4 is 0 Å². The summed E-state index contributed by atoms with van der Waals surface area (Å²) in [6.45, 7) is 3.33. The van der Waals surface area contributed by atoms with Crippen LogP contribution in [0.1, 0.15) is 18.3 Å². The van der Waals surface area contributed by atoms with Gasteiger partial charge in [-0.25, -0.2) is 8.78 Å². The van der Waals surface area contributed by atoms with E-state index >= 15 is 0 Å². The third kappa shape index (κ3) is 2.02. The molecule has 0 atom stereocenters. The first-order chi connectivity index (χ1) is 8.04. The average molecular weight is 258 g/mol. The van der Waals surface area contributed by atoms with E-state index in [1.165, 1.54) is 11.5 Å². The number of hydrogen-bond donors (Lipinski definition) is 0. The zero-order valence-electron chi connectivity index (χ0n) is 9.34. The number of nitrogens with zero attached hydrogens (tertiary/aromatic N) is 3. The van der Waals surface area contributed by atoms with E-state index in [0.717, 1.165) is 12.1 Å². The fourth-order valence-electron chi connectivity index (χ4n) is 1.57. The molecule has 1 heterocycles. The van der Waals surface area contributed by atoms with Gasteiger partial charge in [0.15, 0.2) is 0 Å². The minimum Gasteiger partial charge on any atom is -0.267 e. The Balaban J connectivity index is 2.68. The molecule has 0 aliphatic carbocycles. The molecule has 0 bridgehead atoms. The van der Waals surface area contributed by atoms with Gasteiger partial charge < -0.3 is 0 Å². The number of hydrogen-bond acceptors (Lipinski definition) is 2. The van der Waals surface area contributed by atoms with Gasteiger partial charge in [0.25, 0.3) is 0 Å². The third-order valence-electron chi connectivity index (χ3n) is 2.48. The quantitative estimate of drug-likeness (QED) is 0.828. The summed E-state index contributed by atoms with van der Waals surface area (Å²) in [4.78, 5) is 0. The first kappa shape index (κ1) is 12.0. The molecule has 0 spiro atoms. The van der Waals surface area contributed by atoms with E-state index in [9.17, 15) is 8.78 Å². The van der Waals surface area contributed by atoms with Crippen LogP contribution in [0.3, 0.4) is 0 Å². The van der Waals surface area contributed by atoms with Crippen LogP contribution in [0.5, 0.6) is 0 Å². The van der Waals surface area contributed by atoms with Crippen LogP contribution >= 0.6 is 11.6 Å². The van der Waals surface area contributed by atoms with Crippen molar-refractivity contribution in [3.8, 4) is 5.69 Å². The minimum absolute atomic E-state index is 0.0176. The van der Waals surface area contributed by atoms with E-state index in [4.69, 9.17) is 11.6 Å². The summed E-state index contributed by atoms with van der Waals surface area (Å²) < 4.78 is 28.5. The van der Waals surface area contributed by atoms with Crippen molar-refractivity contribution in [3.05, 3.63) is 40.4 Å². The Morgan fingerprint density at radius 3 is 2.59 bits per heavy atom. The second-order valence-corrected chi connectivity index (χ2v) is 3.97. The summed E-state index contributed by atoms with van der Waals surface area (Å²) in [5.41, 5.74) is 0.272. The second kappa shape index (κ2) is 4.41. The predicted octanol–water partition coefficient (Wildman–Crippen LogP) is 3.07. The molecule has 6 heteroatoms. The fraction of sp³-hybridized carbons (Fsp3) is 0.273. The maximum Gasteiger partial charge on any atom is 0.229 e. The Labute approximate surface area is 102 Å². The molecule has 0 saturated carbocycles. The minimum atomic E-state index is -0.555. The first-order valence-electron chi connectivity index (χ1n) is 5.10. The number of rotatable bonds is 2. The Hall–Kier alpha value is -1.49. The van der Waals surface area contributed by atoms with Crippen molar-refractivity contribution in [2.24, 2.45) is 0 Å². The van der Waals surface area contributed by atoms with Gasteiger partial charge in [0.2, 0.25) is 5.28 Å². The van der Waals surface area contributed by atoms with E-state index in [2.05, 4.69) is 10.2 Å². The molecule has 3 nitrogen and oxygen atoms in total.